The van der Waals surface area contributed by atoms with Crippen LogP contribution in [0.5, 0.6) is 5.75 Å². The van der Waals surface area contributed by atoms with Gasteiger partial charge in [0.1, 0.15) is 30.8 Å². The van der Waals surface area contributed by atoms with Gasteiger partial charge >= 0.3 is 12.1 Å². The Bertz CT molecular complexity index is 1410. The van der Waals surface area contributed by atoms with Gasteiger partial charge in [0.25, 0.3) is 0 Å². The predicted octanol–water partition coefficient (Wildman–Crippen LogP) is 3.75. The third kappa shape index (κ3) is 6.16. The maximum Gasteiger partial charge on any atom is 0.408 e. The van der Waals surface area contributed by atoms with Gasteiger partial charge in [0.05, 0.1) is 17.8 Å². The van der Waals surface area contributed by atoms with Gasteiger partial charge in [0.15, 0.2) is 0 Å². The summed E-state index contributed by atoms with van der Waals surface area (Å²) >= 11 is 0. The van der Waals surface area contributed by atoms with E-state index in [2.05, 4.69) is 26.8 Å². The van der Waals surface area contributed by atoms with Crippen molar-refractivity contribution in [3.8, 4) is 5.75 Å². The number of hydrogen-bond acceptors (Lipinski definition) is 7. The largest absolute Gasteiger partial charge is 0.487 e. The van der Waals surface area contributed by atoms with Crippen LogP contribution < -0.4 is 15.4 Å². The zero-order valence-electron chi connectivity index (χ0n) is 20.1. The van der Waals surface area contributed by atoms with E-state index in [1.165, 1.54) is 10.2 Å². The van der Waals surface area contributed by atoms with Crippen molar-refractivity contribution < 1.29 is 24.2 Å². The number of fused-ring (bicyclic) bond motifs is 2. The van der Waals surface area contributed by atoms with Crippen LogP contribution in [0.1, 0.15) is 23.2 Å². The third-order valence-electron chi connectivity index (χ3n) is 6.03. The minimum atomic E-state index is -1.21. The highest BCUT2D eigenvalue weighted by Crippen LogP contribution is 2.23. The monoisotopic (exact) mass is 501 g/mol. The lowest BCUT2D eigenvalue weighted by atomic mass is 10.1. The van der Waals surface area contributed by atoms with Gasteiger partial charge in [-0.1, -0.05) is 36.4 Å². The van der Waals surface area contributed by atoms with E-state index in [1.54, 1.807) is 12.3 Å². The van der Waals surface area contributed by atoms with Crippen LogP contribution in [-0.2, 0) is 35.7 Å². The number of aliphatic carboxylic acids is 1. The molecule has 2 aromatic carbocycles. The molecule has 10 nitrogen and oxygen atoms in total. The molecular weight excluding hydrogens is 474 g/mol. The number of alkyl carbamates (subject to hydrolysis) is 1. The van der Waals surface area contributed by atoms with Gasteiger partial charge in [-0.2, -0.15) is 5.10 Å². The molecule has 0 fully saturated rings. The first kappa shape index (κ1) is 24.1. The summed E-state index contributed by atoms with van der Waals surface area (Å²) in [6.45, 7) is 1.24. The average Bonchev–Trinajstić information content (AvgIpc) is 3.32. The number of amides is 1. The standard InChI is InChI=1S/C27H27N5O5/c33-26(34)24(30-27(35)37-16-18-5-2-1-3-6-18)15-32-14-20-13-22(10-11-23(20)31-32)36-17-21-9-8-19-7-4-12-28-25(19)29-21/h1-3,5-6,8-11,13-14,24H,4,7,12,15-17H2,(H,28,29)(H,30,35)(H,33,34). The molecule has 0 radical (unpaired) electrons. The maximum atomic E-state index is 12.2. The molecule has 1 atom stereocenters. The Morgan fingerprint density at radius 2 is 1.97 bits per heavy atom. The van der Waals surface area contributed by atoms with E-state index in [0.717, 1.165) is 41.8 Å². The number of aromatic nitrogens is 3. The fourth-order valence-corrected chi connectivity index (χ4v) is 4.12. The van der Waals surface area contributed by atoms with Gasteiger partial charge in [-0.3, -0.25) is 4.68 Å². The summed E-state index contributed by atoms with van der Waals surface area (Å²) in [5, 5.41) is 20.5. The highest BCUT2D eigenvalue weighted by Gasteiger charge is 2.22. The molecule has 0 saturated heterocycles. The van der Waals surface area contributed by atoms with E-state index < -0.39 is 18.1 Å². The highest BCUT2D eigenvalue weighted by molar-refractivity contribution is 5.81. The fourth-order valence-electron chi connectivity index (χ4n) is 4.12. The number of pyridine rings is 1. The molecule has 37 heavy (non-hydrogen) atoms. The Balaban J connectivity index is 1.19. The van der Waals surface area contributed by atoms with Crippen molar-refractivity contribution >= 4 is 28.8 Å². The maximum absolute atomic E-state index is 12.2. The number of carboxylic acids is 1. The Kier molecular flexibility index (Phi) is 7.16. The smallest absolute Gasteiger partial charge is 0.408 e. The summed E-state index contributed by atoms with van der Waals surface area (Å²) < 4.78 is 12.6. The fraction of sp³-hybridized carbons (Fsp3) is 0.259. The molecule has 0 bridgehead atoms. The van der Waals surface area contributed by atoms with Crippen molar-refractivity contribution in [2.75, 3.05) is 11.9 Å². The Morgan fingerprint density at radius 1 is 1.11 bits per heavy atom. The van der Waals surface area contributed by atoms with E-state index in [0.29, 0.717) is 17.9 Å². The van der Waals surface area contributed by atoms with Crippen molar-refractivity contribution in [3.63, 3.8) is 0 Å². The number of nitrogens with one attached hydrogen (secondary N) is 2. The van der Waals surface area contributed by atoms with Gasteiger partial charge in [-0.05, 0) is 48.2 Å². The quantitative estimate of drug-likeness (QED) is 0.316. The molecule has 1 aliphatic heterocycles. The summed E-state index contributed by atoms with van der Waals surface area (Å²) in [7, 11) is 0. The van der Waals surface area contributed by atoms with E-state index in [9.17, 15) is 14.7 Å². The molecule has 1 unspecified atom stereocenters. The minimum Gasteiger partial charge on any atom is -0.487 e. The lowest BCUT2D eigenvalue weighted by Crippen LogP contribution is -2.44. The van der Waals surface area contributed by atoms with Crippen LogP contribution >= 0.6 is 0 Å². The second-order valence-electron chi connectivity index (χ2n) is 8.80. The first-order chi connectivity index (χ1) is 18.0. The van der Waals surface area contributed by atoms with Gasteiger partial charge in [0, 0.05) is 18.1 Å². The third-order valence-corrected chi connectivity index (χ3v) is 6.03. The number of anilines is 1. The van der Waals surface area contributed by atoms with Crippen LogP contribution in [0.25, 0.3) is 10.9 Å². The summed E-state index contributed by atoms with van der Waals surface area (Å²) in [6, 6.07) is 17.5. The molecule has 190 valence electrons. The number of aryl methyl sites for hydroxylation is 1. The van der Waals surface area contributed by atoms with Crippen molar-refractivity contribution in [2.45, 2.75) is 38.6 Å². The molecular formula is C27H27N5O5. The number of rotatable bonds is 9. The molecule has 1 amide bonds. The van der Waals surface area contributed by atoms with Crippen molar-refractivity contribution in [1.82, 2.24) is 20.1 Å². The predicted molar refractivity (Wildman–Crippen MR) is 136 cm³/mol. The first-order valence-electron chi connectivity index (χ1n) is 12.1. The summed E-state index contributed by atoms with van der Waals surface area (Å²) in [5.41, 5.74) is 3.54. The van der Waals surface area contributed by atoms with E-state index in [1.807, 2.05) is 48.5 Å². The number of carbonyl (C=O) groups excluding carboxylic acids is 1. The topological polar surface area (TPSA) is 128 Å². The lowest BCUT2D eigenvalue weighted by molar-refractivity contribution is -0.139. The molecule has 4 aromatic rings. The molecule has 1 aliphatic rings. The number of nitrogens with zero attached hydrogens (tertiary/aromatic N) is 3. The van der Waals surface area contributed by atoms with Gasteiger partial charge < -0.3 is 25.2 Å². The molecule has 0 saturated carbocycles. The summed E-state index contributed by atoms with van der Waals surface area (Å²) in [4.78, 5) is 28.6. The molecule has 5 rings (SSSR count). The SMILES string of the molecule is O=C(NC(Cn1cc2cc(OCc3ccc4c(n3)NCCC4)ccc2n1)C(=O)O)OCc1ccccc1. The molecule has 10 heteroatoms. The Morgan fingerprint density at radius 3 is 2.81 bits per heavy atom. The number of hydrogen-bond donors (Lipinski definition) is 3. The zero-order chi connectivity index (χ0) is 25.6. The van der Waals surface area contributed by atoms with Crippen LogP contribution in [-0.4, -0.2) is 44.5 Å². The number of carbonyl (C=O) groups is 2. The summed E-state index contributed by atoms with van der Waals surface area (Å²) in [5.74, 6) is 0.388. The lowest BCUT2D eigenvalue weighted by Gasteiger charge is -2.17. The van der Waals surface area contributed by atoms with Crippen LogP contribution in [0.3, 0.4) is 0 Å². The minimum absolute atomic E-state index is 0.0466. The molecule has 2 aromatic heterocycles. The Hall–Kier alpha value is -4.60. The first-order valence-corrected chi connectivity index (χ1v) is 12.1. The average molecular weight is 502 g/mol. The van der Waals surface area contributed by atoms with E-state index >= 15 is 0 Å². The number of ether oxygens (including phenoxy) is 2. The van der Waals surface area contributed by atoms with Crippen molar-refractivity contribution in [3.05, 3.63) is 83.7 Å². The summed E-state index contributed by atoms with van der Waals surface area (Å²) in [6.07, 6.45) is 3.05. The van der Waals surface area contributed by atoms with Gasteiger partial charge in [0.2, 0.25) is 0 Å². The Labute approximate surface area is 213 Å². The van der Waals surface area contributed by atoms with Gasteiger partial charge in [-0.25, -0.2) is 14.6 Å². The van der Waals surface area contributed by atoms with Crippen molar-refractivity contribution in [2.24, 2.45) is 0 Å². The highest BCUT2D eigenvalue weighted by atomic mass is 16.5. The van der Waals surface area contributed by atoms with E-state index in [4.69, 9.17) is 9.47 Å². The van der Waals surface area contributed by atoms with Gasteiger partial charge in [-0.15, -0.1) is 0 Å². The second kappa shape index (κ2) is 11.0. The second-order valence-corrected chi connectivity index (χ2v) is 8.80. The van der Waals surface area contributed by atoms with E-state index in [-0.39, 0.29) is 13.2 Å². The van der Waals surface area contributed by atoms with Crippen LogP contribution in [0.4, 0.5) is 10.6 Å². The zero-order valence-corrected chi connectivity index (χ0v) is 20.1. The van der Waals surface area contributed by atoms with Crippen LogP contribution in [0, 0.1) is 0 Å². The van der Waals surface area contributed by atoms with Crippen molar-refractivity contribution in [1.29, 1.82) is 0 Å². The number of benzene rings is 2. The number of carboxylic acid groups (broad SMARTS) is 1. The normalized spacial score (nSPS) is 13.3. The molecule has 3 N–H and O–H groups in total. The van der Waals surface area contributed by atoms with Crippen LogP contribution in [0.2, 0.25) is 0 Å². The molecule has 0 spiro atoms. The van der Waals surface area contributed by atoms with Crippen LogP contribution in [0.15, 0.2) is 66.9 Å². The molecule has 3 heterocycles. The molecule has 0 aliphatic carbocycles.